The van der Waals surface area contributed by atoms with Crippen LogP contribution in [0.1, 0.15) is 42.0 Å². The first kappa shape index (κ1) is 25.5. The average Bonchev–Trinajstić information content (AvgIpc) is 2.79. The van der Waals surface area contributed by atoms with Crippen molar-refractivity contribution in [2.75, 3.05) is 19.0 Å². The summed E-state index contributed by atoms with van der Waals surface area (Å²) in [6, 6.07) is 7.56. The molecule has 1 aromatic heterocycles. The zero-order chi connectivity index (χ0) is 25.2. The lowest BCUT2D eigenvalue weighted by Crippen LogP contribution is -2.52. The molecule has 0 aliphatic carbocycles. The highest BCUT2D eigenvalue weighted by atomic mass is 28.4. The van der Waals surface area contributed by atoms with Crippen molar-refractivity contribution in [3.63, 3.8) is 0 Å². The lowest BCUT2D eigenvalue weighted by Gasteiger charge is -2.39. The maximum atomic E-state index is 14.2. The molecule has 2 heterocycles. The SMILES string of the molecule is CCOc1ncc(C)c2c1C(c1ccc(C#N)cc1OC)C(C(=O)N([SiH2]C)[Si](C)(C)C)=C(C)N2. The number of ether oxygens (including phenoxy) is 2. The Kier molecular flexibility index (Phi) is 7.53. The van der Waals surface area contributed by atoms with E-state index in [1.165, 1.54) is 0 Å². The molecule has 1 aliphatic rings. The van der Waals surface area contributed by atoms with Gasteiger partial charge in [-0.1, -0.05) is 32.3 Å². The molecule has 0 spiro atoms. The topological polar surface area (TPSA) is 87.5 Å². The molecule has 1 atom stereocenters. The second kappa shape index (κ2) is 10.0. The maximum absolute atomic E-state index is 14.2. The minimum Gasteiger partial charge on any atom is -0.496 e. The van der Waals surface area contributed by atoms with E-state index in [1.54, 1.807) is 25.4 Å². The van der Waals surface area contributed by atoms with Crippen molar-refractivity contribution in [3.05, 3.63) is 57.9 Å². The van der Waals surface area contributed by atoms with Crippen molar-refractivity contribution in [1.82, 2.24) is 9.22 Å². The summed E-state index contributed by atoms with van der Waals surface area (Å²) < 4.78 is 13.9. The third kappa shape index (κ3) is 4.61. The van der Waals surface area contributed by atoms with E-state index in [2.05, 4.69) is 46.8 Å². The number of nitrogens with one attached hydrogen (secondary N) is 1. The third-order valence-corrected chi connectivity index (χ3v) is 12.7. The van der Waals surface area contributed by atoms with E-state index in [9.17, 15) is 10.1 Å². The first-order valence-corrected chi connectivity index (χ1v) is 17.1. The molecule has 9 heteroatoms. The molecule has 2 aromatic rings. The zero-order valence-corrected chi connectivity index (χ0v) is 23.8. The summed E-state index contributed by atoms with van der Waals surface area (Å²) in [6.45, 7) is 15.1. The number of rotatable bonds is 7. The van der Waals surface area contributed by atoms with Gasteiger partial charge < -0.3 is 19.0 Å². The van der Waals surface area contributed by atoms with E-state index in [0.29, 0.717) is 29.4 Å². The summed E-state index contributed by atoms with van der Waals surface area (Å²) in [7, 11) is -1.07. The third-order valence-electron chi connectivity index (χ3n) is 6.12. The lowest BCUT2D eigenvalue weighted by molar-refractivity contribution is -0.120. The molecule has 1 aliphatic heterocycles. The first-order chi connectivity index (χ1) is 16.1. The van der Waals surface area contributed by atoms with Crippen LogP contribution in [-0.2, 0) is 4.79 Å². The molecule has 7 nitrogen and oxygen atoms in total. The number of hydrogen-bond acceptors (Lipinski definition) is 6. The Morgan fingerprint density at radius 2 is 2.03 bits per heavy atom. The number of aryl methyl sites for hydroxylation is 1. The number of amides is 1. The summed E-state index contributed by atoms with van der Waals surface area (Å²) in [5.41, 5.74) is 5.50. The standard InChI is InChI=1S/C25H34N4O3Si2/c1-9-32-24-22-21(18-11-10-17(13-26)12-19(18)31-4)20(25(30)29(33-5)34(6,7)8)16(3)28-23(22)15(2)14-27-24/h10-12,14,21,28H,9,33H2,1-8H3. The number of allylic oxidation sites excluding steroid dienone is 1. The minimum atomic E-state index is -1.90. The molecular formula is C25H34N4O3Si2. The fourth-order valence-corrected chi connectivity index (χ4v) is 9.57. The van der Waals surface area contributed by atoms with E-state index in [4.69, 9.17) is 9.47 Å². The molecule has 0 saturated carbocycles. The molecule has 3 rings (SSSR count). The van der Waals surface area contributed by atoms with Gasteiger partial charge in [0.05, 0.1) is 42.5 Å². The Morgan fingerprint density at radius 3 is 2.59 bits per heavy atom. The van der Waals surface area contributed by atoms with Crippen molar-refractivity contribution in [3.8, 4) is 17.7 Å². The molecule has 0 saturated heterocycles. The number of anilines is 1. The van der Waals surface area contributed by atoms with Crippen LogP contribution in [-0.4, -0.2) is 46.8 Å². The van der Waals surface area contributed by atoms with Crippen molar-refractivity contribution >= 4 is 29.5 Å². The van der Waals surface area contributed by atoms with E-state index < -0.39 is 23.8 Å². The van der Waals surface area contributed by atoms with Gasteiger partial charge in [-0.05, 0) is 38.5 Å². The van der Waals surface area contributed by atoms with Gasteiger partial charge in [0, 0.05) is 23.0 Å². The number of benzene rings is 1. The highest BCUT2D eigenvalue weighted by Gasteiger charge is 2.40. The zero-order valence-electron chi connectivity index (χ0n) is 21.4. The van der Waals surface area contributed by atoms with Crippen molar-refractivity contribution in [1.29, 1.82) is 5.26 Å². The number of nitriles is 1. The quantitative estimate of drug-likeness (QED) is 0.578. The average molecular weight is 495 g/mol. The van der Waals surface area contributed by atoms with Crippen molar-refractivity contribution in [2.24, 2.45) is 0 Å². The van der Waals surface area contributed by atoms with Crippen LogP contribution in [0.3, 0.4) is 0 Å². The molecule has 0 fully saturated rings. The Morgan fingerprint density at radius 1 is 1.32 bits per heavy atom. The van der Waals surface area contributed by atoms with Gasteiger partial charge in [-0.25, -0.2) is 4.98 Å². The fraction of sp³-hybridized carbons (Fsp3) is 0.400. The van der Waals surface area contributed by atoms with E-state index in [1.807, 2.05) is 26.8 Å². The van der Waals surface area contributed by atoms with E-state index in [0.717, 1.165) is 28.1 Å². The summed E-state index contributed by atoms with van der Waals surface area (Å²) in [5.74, 6) is 0.675. The fourth-order valence-electron chi connectivity index (χ4n) is 4.59. The van der Waals surface area contributed by atoms with Gasteiger partial charge in [-0.15, -0.1) is 0 Å². The van der Waals surface area contributed by atoms with Crippen LogP contribution in [0.4, 0.5) is 5.69 Å². The van der Waals surface area contributed by atoms with Crippen LogP contribution < -0.4 is 14.8 Å². The van der Waals surface area contributed by atoms with Crippen LogP contribution in [0, 0.1) is 18.3 Å². The molecule has 34 heavy (non-hydrogen) atoms. The van der Waals surface area contributed by atoms with Crippen LogP contribution in [0.15, 0.2) is 35.7 Å². The number of pyridine rings is 1. The lowest BCUT2D eigenvalue weighted by atomic mass is 9.79. The number of carbonyl (C=O) groups excluding carboxylic acids is 1. The Bertz CT molecular complexity index is 1180. The Balaban J connectivity index is 2.38. The highest BCUT2D eigenvalue weighted by molar-refractivity contribution is 6.82. The van der Waals surface area contributed by atoms with Crippen LogP contribution >= 0.6 is 0 Å². The molecule has 180 valence electrons. The van der Waals surface area contributed by atoms with Gasteiger partial charge in [-0.2, -0.15) is 5.26 Å². The van der Waals surface area contributed by atoms with Crippen molar-refractivity contribution < 1.29 is 14.3 Å². The highest BCUT2D eigenvalue weighted by Crippen LogP contribution is 2.49. The number of hydrogen-bond donors (Lipinski definition) is 1. The molecule has 0 bridgehead atoms. The van der Waals surface area contributed by atoms with Crippen LogP contribution in [0.2, 0.25) is 26.2 Å². The minimum absolute atomic E-state index is 0.0596. The first-order valence-electron chi connectivity index (χ1n) is 11.6. The van der Waals surface area contributed by atoms with E-state index in [-0.39, 0.29) is 5.91 Å². The molecular weight excluding hydrogens is 460 g/mol. The summed E-state index contributed by atoms with van der Waals surface area (Å²) in [6.07, 6.45) is 1.79. The monoisotopic (exact) mass is 494 g/mol. The predicted molar refractivity (Wildman–Crippen MR) is 141 cm³/mol. The van der Waals surface area contributed by atoms with Gasteiger partial charge in [0.2, 0.25) is 11.8 Å². The summed E-state index contributed by atoms with van der Waals surface area (Å²) >= 11 is 0. The number of aromatic nitrogens is 1. The van der Waals surface area contributed by atoms with Gasteiger partial charge >= 0.3 is 0 Å². The summed E-state index contributed by atoms with van der Waals surface area (Å²) in [4.78, 5) is 18.8. The number of fused-ring (bicyclic) bond motifs is 1. The normalized spacial score (nSPS) is 15.6. The Labute approximate surface area is 205 Å². The molecule has 1 amide bonds. The molecule has 1 unspecified atom stereocenters. The number of carbonyl (C=O) groups is 1. The predicted octanol–water partition coefficient (Wildman–Crippen LogP) is 4.30. The molecule has 1 aromatic carbocycles. The maximum Gasteiger partial charge on any atom is 0.236 e. The number of nitrogens with zero attached hydrogens (tertiary/aromatic N) is 3. The van der Waals surface area contributed by atoms with Crippen LogP contribution in [0.5, 0.6) is 11.6 Å². The second-order valence-corrected chi connectivity index (χ2v) is 16.1. The van der Waals surface area contributed by atoms with Crippen LogP contribution in [0.25, 0.3) is 0 Å². The second-order valence-electron chi connectivity index (χ2n) is 9.35. The largest absolute Gasteiger partial charge is 0.496 e. The summed E-state index contributed by atoms with van der Waals surface area (Å²) in [5, 5.41) is 12.9. The number of methoxy groups -OCH3 is 1. The van der Waals surface area contributed by atoms with E-state index >= 15 is 0 Å². The van der Waals surface area contributed by atoms with Gasteiger partial charge in [0.15, 0.2) is 0 Å². The molecule has 0 radical (unpaired) electrons. The van der Waals surface area contributed by atoms with Crippen molar-refractivity contribution in [2.45, 2.75) is 52.9 Å². The smallest absolute Gasteiger partial charge is 0.236 e. The Hall–Kier alpha value is -3.10. The van der Waals surface area contributed by atoms with Gasteiger partial charge in [0.25, 0.3) is 0 Å². The van der Waals surface area contributed by atoms with Gasteiger partial charge in [0.1, 0.15) is 23.7 Å². The molecule has 1 N–H and O–H groups in total. The van der Waals surface area contributed by atoms with Gasteiger partial charge in [-0.3, -0.25) is 4.79 Å².